The molecule has 1 spiro atoms. The lowest BCUT2D eigenvalue weighted by Crippen LogP contribution is -2.44. The molecule has 2 aromatic rings. The van der Waals surface area contributed by atoms with E-state index in [-0.39, 0.29) is 17.9 Å². The first-order valence-electron chi connectivity index (χ1n) is 10.4. The maximum atomic E-state index is 13.4. The van der Waals surface area contributed by atoms with Crippen LogP contribution in [-0.2, 0) is 27.4 Å². The van der Waals surface area contributed by atoms with Gasteiger partial charge in [-0.15, -0.1) is 0 Å². The number of amides is 2. The minimum Gasteiger partial charge on any atom is -0.497 e. The van der Waals surface area contributed by atoms with Crippen molar-refractivity contribution in [3.63, 3.8) is 0 Å². The van der Waals surface area contributed by atoms with E-state index in [1.54, 1.807) is 30.0 Å². The molecule has 2 bridgehead atoms. The summed E-state index contributed by atoms with van der Waals surface area (Å²) >= 11 is 0. The van der Waals surface area contributed by atoms with Gasteiger partial charge in [0.25, 0.3) is 0 Å². The Labute approximate surface area is 180 Å². The van der Waals surface area contributed by atoms with Gasteiger partial charge < -0.3 is 23.8 Å². The molecule has 4 atom stereocenters. The van der Waals surface area contributed by atoms with Crippen molar-refractivity contribution in [2.45, 2.75) is 31.7 Å². The average Bonchev–Trinajstić information content (AvgIpc) is 3.50. The van der Waals surface area contributed by atoms with Gasteiger partial charge in [0.1, 0.15) is 22.8 Å². The molecule has 2 amide bonds. The molecule has 3 aliphatic heterocycles. The summed E-state index contributed by atoms with van der Waals surface area (Å²) < 4.78 is 16.6. The number of rotatable bonds is 6. The monoisotopic (exact) mass is 423 g/mol. The SMILES string of the molecule is COc1cccc(CN2C[C@]34C=C[C@H](O3)C(C(=O)N(C)Cc3cc(C)on3)C4C2=O)c1. The molecule has 2 unspecified atom stereocenters. The van der Waals surface area contributed by atoms with Crippen molar-refractivity contribution in [3.05, 3.63) is 59.5 Å². The zero-order chi connectivity index (χ0) is 21.8. The number of nitrogens with zero attached hydrogens (tertiary/aromatic N) is 3. The molecule has 1 aromatic heterocycles. The molecule has 2 fully saturated rings. The fourth-order valence-electron chi connectivity index (χ4n) is 5.05. The van der Waals surface area contributed by atoms with E-state index in [4.69, 9.17) is 14.0 Å². The van der Waals surface area contributed by atoms with Crippen LogP contribution in [-0.4, -0.2) is 59.2 Å². The number of aromatic nitrogens is 1. The summed E-state index contributed by atoms with van der Waals surface area (Å²) in [5, 5.41) is 3.97. The number of benzene rings is 1. The molecule has 31 heavy (non-hydrogen) atoms. The summed E-state index contributed by atoms with van der Waals surface area (Å²) in [7, 11) is 3.34. The van der Waals surface area contributed by atoms with Crippen molar-refractivity contribution in [1.82, 2.24) is 15.0 Å². The van der Waals surface area contributed by atoms with Crippen LogP contribution in [0.4, 0.5) is 0 Å². The van der Waals surface area contributed by atoms with Gasteiger partial charge in [-0.25, -0.2) is 0 Å². The summed E-state index contributed by atoms with van der Waals surface area (Å²) in [6, 6.07) is 9.47. The Morgan fingerprint density at radius 2 is 2.23 bits per heavy atom. The van der Waals surface area contributed by atoms with Crippen molar-refractivity contribution < 1.29 is 23.6 Å². The summed E-state index contributed by atoms with van der Waals surface area (Å²) in [4.78, 5) is 30.1. The molecule has 3 aliphatic rings. The van der Waals surface area contributed by atoms with Crippen molar-refractivity contribution in [2.24, 2.45) is 11.8 Å². The topological polar surface area (TPSA) is 85.1 Å². The number of carbonyl (C=O) groups excluding carboxylic acids is 2. The van der Waals surface area contributed by atoms with Gasteiger partial charge in [-0.3, -0.25) is 9.59 Å². The number of methoxy groups -OCH3 is 1. The minimum atomic E-state index is -0.730. The number of fused-ring (bicyclic) bond motifs is 1. The van der Waals surface area contributed by atoms with Crippen LogP contribution in [0.2, 0.25) is 0 Å². The lowest BCUT2D eigenvalue weighted by molar-refractivity contribution is -0.143. The lowest BCUT2D eigenvalue weighted by Gasteiger charge is -2.27. The minimum absolute atomic E-state index is 0.0429. The Kier molecular flexibility index (Phi) is 4.62. The number of hydrogen-bond donors (Lipinski definition) is 0. The first kappa shape index (κ1) is 19.8. The smallest absolute Gasteiger partial charge is 0.230 e. The molecular weight excluding hydrogens is 398 g/mol. The van der Waals surface area contributed by atoms with Gasteiger partial charge in [0.05, 0.1) is 38.1 Å². The number of hydrogen-bond acceptors (Lipinski definition) is 6. The van der Waals surface area contributed by atoms with Crippen LogP contribution >= 0.6 is 0 Å². The first-order chi connectivity index (χ1) is 14.9. The predicted octanol–water partition coefficient (Wildman–Crippen LogP) is 1.93. The third-order valence-corrected chi connectivity index (χ3v) is 6.42. The fourth-order valence-corrected chi connectivity index (χ4v) is 5.05. The molecule has 2 saturated heterocycles. The zero-order valence-corrected chi connectivity index (χ0v) is 17.8. The van der Waals surface area contributed by atoms with E-state index < -0.39 is 17.4 Å². The van der Waals surface area contributed by atoms with Crippen molar-refractivity contribution in [3.8, 4) is 5.75 Å². The number of aryl methyl sites for hydroxylation is 1. The van der Waals surface area contributed by atoms with E-state index in [2.05, 4.69) is 5.16 Å². The quantitative estimate of drug-likeness (QED) is 0.660. The van der Waals surface area contributed by atoms with Crippen LogP contribution < -0.4 is 4.74 Å². The van der Waals surface area contributed by atoms with Crippen LogP contribution in [0.15, 0.2) is 47.0 Å². The zero-order valence-electron chi connectivity index (χ0n) is 17.8. The van der Waals surface area contributed by atoms with Crippen LogP contribution in [0.3, 0.4) is 0 Å². The molecular formula is C23H25N3O5. The third kappa shape index (κ3) is 3.22. The van der Waals surface area contributed by atoms with E-state index >= 15 is 0 Å². The second-order valence-corrected chi connectivity index (χ2v) is 8.57. The summed E-state index contributed by atoms with van der Waals surface area (Å²) in [6.45, 7) is 3.02. The molecule has 0 aliphatic carbocycles. The molecule has 8 heteroatoms. The standard InChI is InChI=1S/C23H25N3O5/c1-14-9-16(24-31-14)12-25(2)21(27)19-18-7-8-23(30-18)13-26(22(28)20(19)23)11-15-5-4-6-17(10-15)29-3/h4-10,18-20H,11-13H2,1-3H3/t18-,19?,20?,23-/m0/s1. The summed E-state index contributed by atoms with van der Waals surface area (Å²) in [6.07, 6.45) is 3.52. The van der Waals surface area contributed by atoms with Gasteiger partial charge in [-0.05, 0) is 24.6 Å². The first-order valence-corrected chi connectivity index (χ1v) is 10.4. The van der Waals surface area contributed by atoms with Gasteiger partial charge in [0, 0.05) is 19.7 Å². The second-order valence-electron chi connectivity index (χ2n) is 8.57. The Bertz CT molecular complexity index is 1060. The van der Waals surface area contributed by atoms with Gasteiger partial charge in [-0.2, -0.15) is 0 Å². The molecule has 8 nitrogen and oxygen atoms in total. The highest BCUT2D eigenvalue weighted by atomic mass is 16.5. The Morgan fingerprint density at radius 3 is 2.97 bits per heavy atom. The molecule has 1 aromatic carbocycles. The largest absolute Gasteiger partial charge is 0.497 e. The normalized spacial score (nSPS) is 28.3. The maximum Gasteiger partial charge on any atom is 0.230 e. The Morgan fingerprint density at radius 1 is 1.39 bits per heavy atom. The molecule has 0 N–H and O–H groups in total. The molecule has 0 saturated carbocycles. The molecule has 5 rings (SSSR count). The summed E-state index contributed by atoms with van der Waals surface area (Å²) in [5.41, 5.74) is 0.927. The number of ether oxygens (including phenoxy) is 2. The molecule has 162 valence electrons. The van der Waals surface area contributed by atoms with Crippen LogP contribution in [0.1, 0.15) is 17.0 Å². The highest BCUT2D eigenvalue weighted by Gasteiger charge is 2.67. The van der Waals surface area contributed by atoms with Crippen molar-refractivity contribution in [2.75, 3.05) is 20.7 Å². The fraction of sp³-hybridized carbons (Fsp3) is 0.435. The maximum absolute atomic E-state index is 13.4. The Balaban J connectivity index is 1.35. The van der Waals surface area contributed by atoms with E-state index in [9.17, 15) is 9.59 Å². The van der Waals surface area contributed by atoms with Gasteiger partial charge in [0.2, 0.25) is 11.8 Å². The average molecular weight is 423 g/mol. The van der Waals surface area contributed by atoms with E-state index in [1.807, 2.05) is 43.3 Å². The van der Waals surface area contributed by atoms with Crippen LogP contribution in [0, 0.1) is 18.8 Å². The number of carbonyl (C=O) groups is 2. The predicted molar refractivity (Wildman–Crippen MR) is 110 cm³/mol. The molecule has 4 heterocycles. The summed E-state index contributed by atoms with van der Waals surface area (Å²) in [5.74, 6) is 0.238. The van der Waals surface area contributed by atoms with Crippen LogP contribution in [0.5, 0.6) is 5.75 Å². The van der Waals surface area contributed by atoms with Crippen molar-refractivity contribution in [1.29, 1.82) is 0 Å². The van der Waals surface area contributed by atoms with Crippen molar-refractivity contribution >= 4 is 11.8 Å². The van der Waals surface area contributed by atoms with Gasteiger partial charge >= 0.3 is 0 Å². The van der Waals surface area contributed by atoms with Gasteiger partial charge in [0.15, 0.2) is 0 Å². The third-order valence-electron chi connectivity index (χ3n) is 6.42. The number of likely N-dealkylation sites (tertiary alicyclic amines) is 1. The van der Waals surface area contributed by atoms with E-state index in [0.29, 0.717) is 31.1 Å². The highest BCUT2D eigenvalue weighted by molar-refractivity contribution is 5.93. The molecule has 0 radical (unpaired) electrons. The van der Waals surface area contributed by atoms with E-state index in [1.165, 1.54) is 0 Å². The lowest BCUT2D eigenvalue weighted by atomic mass is 9.76. The van der Waals surface area contributed by atoms with Crippen LogP contribution in [0.25, 0.3) is 0 Å². The van der Waals surface area contributed by atoms with E-state index in [0.717, 1.165) is 11.3 Å². The van der Waals surface area contributed by atoms with Gasteiger partial charge in [-0.1, -0.05) is 29.4 Å². The Hall–Kier alpha value is -3.13. The highest BCUT2D eigenvalue weighted by Crippen LogP contribution is 2.52. The second kappa shape index (κ2) is 7.23.